The van der Waals surface area contributed by atoms with E-state index in [2.05, 4.69) is 10.6 Å². The number of aliphatic hydroxyl groups is 6. The zero-order valence-electron chi connectivity index (χ0n) is 45.6. The maximum absolute atomic E-state index is 12.9. The van der Waals surface area contributed by atoms with Gasteiger partial charge in [0.25, 0.3) is 20.2 Å². The summed E-state index contributed by atoms with van der Waals surface area (Å²) in [5.41, 5.74) is 0. The van der Waals surface area contributed by atoms with Gasteiger partial charge in [0.1, 0.15) is 90.9 Å². The molecule has 7 rings (SSSR count). The van der Waals surface area contributed by atoms with Crippen molar-refractivity contribution >= 4 is 102 Å². The number of rotatable bonds is 27. The van der Waals surface area contributed by atoms with Gasteiger partial charge in [0.15, 0.2) is 23.8 Å². The molecule has 522 valence electrons. The molecule has 0 spiro atoms. The second-order valence-corrected chi connectivity index (χ2v) is 30.0. The molecule has 7 aliphatic heterocycles. The van der Waals surface area contributed by atoms with Gasteiger partial charge in [-0.2, -0.15) is 81.2 Å². The Morgan fingerprint density at radius 2 is 1.13 bits per heavy atom. The van der Waals surface area contributed by atoms with Gasteiger partial charge in [-0.05, 0) is 31.1 Å². The summed E-state index contributed by atoms with van der Waals surface area (Å²) in [6.07, 6.45) is -36.8. The Balaban J connectivity index is 1.23. The monoisotopic (exact) mass is 1470 g/mol. The van der Waals surface area contributed by atoms with E-state index in [1.807, 2.05) is 0 Å². The minimum Gasteiger partial charge on any atom is -0.479 e. The predicted octanol–water partition coefficient (Wildman–Crippen LogP) is -10.1. The van der Waals surface area contributed by atoms with E-state index in [0.717, 1.165) is 19.3 Å². The molecule has 90 heavy (non-hydrogen) atoms. The largest absolute Gasteiger partial charge is 0.479 e. The molecule has 0 aromatic rings. The Bertz CT molecular complexity index is 3250. The quantitative estimate of drug-likeness (QED) is 0.0206. The average Bonchev–Trinajstić information content (AvgIpc) is 0.783. The third-order valence-electron chi connectivity index (χ3n) is 14.1. The van der Waals surface area contributed by atoms with Gasteiger partial charge in [0, 0.05) is 30.6 Å². The maximum atomic E-state index is 12.9. The lowest BCUT2D eigenvalue weighted by atomic mass is 9.85. The lowest BCUT2D eigenvalue weighted by Gasteiger charge is -2.49. The summed E-state index contributed by atoms with van der Waals surface area (Å²) in [7, 11) is -33.1. The number of thioether (sulfide) groups is 1. The molecule has 6 fully saturated rings. The van der Waals surface area contributed by atoms with Crippen molar-refractivity contribution in [2.24, 2.45) is 5.92 Å². The molecular formula is C39H66N6O37S8. The van der Waals surface area contributed by atoms with Crippen molar-refractivity contribution in [3.05, 3.63) is 11.8 Å². The summed E-state index contributed by atoms with van der Waals surface area (Å²) < 4.78 is 262. The number of hydrogen-bond acceptors (Lipinski definition) is 31. The molecule has 7 heterocycles. The molecule has 20 N–H and O–H groups in total. The summed E-state index contributed by atoms with van der Waals surface area (Å²) in [6.45, 7) is -1.25. The highest BCUT2D eigenvalue weighted by atomic mass is 32.3. The second kappa shape index (κ2) is 31.0. The number of aliphatic carboxylic acids is 2. The van der Waals surface area contributed by atoms with E-state index in [0.29, 0.717) is 19.1 Å². The van der Waals surface area contributed by atoms with Crippen molar-refractivity contribution in [1.82, 2.24) is 29.5 Å². The van der Waals surface area contributed by atoms with Crippen molar-refractivity contribution in [2.45, 2.75) is 160 Å². The lowest BCUT2D eigenvalue weighted by Crippen LogP contribution is -2.72. The molecule has 0 saturated carbocycles. The molecule has 6 saturated heterocycles. The fourth-order valence-electron chi connectivity index (χ4n) is 10.4. The molecule has 0 amide bonds. The molecule has 23 atom stereocenters. The van der Waals surface area contributed by atoms with E-state index in [4.69, 9.17) is 54.8 Å². The number of ether oxygens (including phenoxy) is 9. The van der Waals surface area contributed by atoms with Crippen molar-refractivity contribution in [3.63, 3.8) is 0 Å². The number of thiocarbonyl (C=S) groups is 1. The predicted molar refractivity (Wildman–Crippen MR) is 294 cm³/mol. The molecule has 0 aromatic carbocycles. The number of carboxylic acids is 2. The number of carbonyl (C=O) groups is 2. The highest BCUT2D eigenvalue weighted by Gasteiger charge is 2.57. The third-order valence-corrected chi connectivity index (χ3v) is 19.2. The molecular weight excluding hydrogens is 1400 g/mol. The number of hydrogen-bond donors (Lipinski definition) is 20. The zero-order valence-corrected chi connectivity index (χ0v) is 52.1. The summed E-state index contributed by atoms with van der Waals surface area (Å²) in [4.78, 5) is 24.7. The third kappa shape index (κ3) is 22.2. The molecule has 7 aliphatic rings. The molecule has 0 radical (unpaired) electrons. The van der Waals surface area contributed by atoms with Crippen LogP contribution < -0.4 is 29.5 Å². The van der Waals surface area contributed by atoms with E-state index in [1.165, 1.54) is 25.9 Å². The smallest absolute Gasteiger partial charge is 0.371 e. The van der Waals surface area contributed by atoms with Gasteiger partial charge in [-0.1, -0.05) is 12.8 Å². The normalized spacial score (nSPS) is 37.6. The molecule has 0 aliphatic carbocycles. The number of aliphatic hydroxyl groups excluding tert-OH is 6. The Kier molecular flexibility index (Phi) is 26.3. The zero-order chi connectivity index (χ0) is 67.4. The summed E-state index contributed by atoms with van der Waals surface area (Å²) in [5.74, 6) is -8.79. The Labute approximate surface area is 521 Å². The number of nitrogens with one attached hydrogen (secondary N) is 6. The van der Waals surface area contributed by atoms with Crippen LogP contribution in [0.15, 0.2) is 11.8 Å². The van der Waals surface area contributed by atoms with Gasteiger partial charge < -0.3 is 94.1 Å². The number of fused-ring (bicyclic) bond motifs is 7. The van der Waals surface area contributed by atoms with Crippen molar-refractivity contribution in [1.29, 1.82) is 0 Å². The van der Waals surface area contributed by atoms with Crippen LogP contribution in [0, 0.1) is 5.92 Å². The molecule has 2 bridgehead atoms. The van der Waals surface area contributed by atoms with E-state index in [9.17, 15) is 128 Å². The van der Waals surface area contributed by atoms with E-state index in [-0.39, 0.29) is 18.1 Å². The maximum Gasteiger partial charge on any atom is 0.371 e. The second-order valence-electron chi connectivity index (χ2n) is 20.7. The van der Waals surface area contributed by atoms with Crippen LogP contribution in [0.5, 0.6) is 0 Å². The average molecular weight is 1470 g/mol. The summed E-state index contributed by atoms with van der Waals surface area (Å²) in [6, 6.07) is -9.89. The van der Waals surface area contributed by atoms with Gasteiger partial charge in [-0.3, -0.25) is 27.3 Å². The van der Waals surface area contributed by atoms with E-state index >= 15 is 0 Å². The SMILES string of the molecule is O=C(O)C1=C[C@H](O)C(NS(=O)(=O)O)[C@H](O[C@H]2C(CS(=O)(=O)O)O[C@@H](CO[C@H]3C(C(=O)O)O[C@@H](O[C@H]4C(CS(=O)(=O)O)O[C@@H](NC(=S)NCCSCC5O[C@H]6OCCCCCC5C(O)C6O)C(NS(=O)(=O)O)[C@H]4O)C(NS(=O)(=O)O)[C@H]3O)C(NS(=O)(=O)O)[C@H]2O)O1. The van der Waals surface area contributed by atoms with Gasteiger partial charge in [-0.25, -0.2) is 9.59 Å². The van der Waals surface area contributed by atoms with E-state index < -0.39 is 243 Å². The Morgan fingerprint density at radius 3 is 1.70 bits per heavy atom. The van der Waals surface area contributed by atoms with E-state index in [1.54, 1.807) is 4.72 Å². The van der Waals surface area contributed by atoms with Crippen LogP contribution in [-0.2, 0) is 114 Å². The summed E-state index contributed by atoms with van der Waals surface area (Å²) >= 11 is 6.60. The highest BCUT2D eigenvalue weighted by Crippen LogP contribution is 2.36. The van der Waals surface area contributed by atoms with Gasteiger partial charge in [0.05, 0.1) is 37.0 Å². The highest BCUT2D eigenvalue weighted by molar-refractivity contribution is 7.99. The van der Waals surface area contributed by atoms with Crippen molar-refractivity contribution in [2.75, 3.05) is 42.8 Å². The molecule has 51 heteroatoms. The minimum absolute atomic E-state index is 0.00698. The first-order valence-electron chi connectivity index (χ1n) is 26.0. The van der Waals surface area contributed by atoms with Crippen LogP contribution in [0.3, 0.4) is 0 Å². The number of carboxylic acid groups (broad SMARTS) is 2. The van der Waals surface area contributed by atoms with Gasteiger partial charge in [0.2, 0.25) is 12.0 Å². The first-order chi connectivity index (χ1) is 41.4. The molecule has 43 nitrogen and oxygen atoms in total. The van der Waals surface area contributed by atoms with Gasteiger partial charge >= 0.3 is 53.2 Å². The molecule has 0 aromatic heterocycles. The van der Waals surface area contributed by atoms with Crippen molar-refractivity contribution in [3.8, 4) is 0 Å². The van der Waals surface area contributed by atoms with Crippen LogP contribution in [0.4, 0.5) is 0 Å². The summed E-state index contributed by atoms with van der Waals surface area (Å²) in [5, 5.41) is 91.8. The van der Waals surface area contributed by atoms with Crippen LogP contribution >= 0.6 is 24.0 Å². The first kappa shape index (κ1) is 76.3. The molecule has 11 unspecified atom stereocenters. The fraction of sp³-hybridized carbons (Fsp3) is 0.872. The van der Waals surface area contributed by atoms with Crippen LogP contribution in [0.1, 0.15) is 25.7 Å². The Hall–Kier alpha value is -2.74. The fourth-order valence-corrected chi connectivity index (χ4v) is 15.4. The first-order valence-corrected chi connectivity index (χ1v) is 36.5. The Morgan fingerprint density at radius 1 is 0.600 bits per heavy atom. The minimum atomic E-state index is -5.74. The van der Waals surface area contributed by atoms with Crippen molar-refractivity contribution < 1.29 is 171 Å². The standard InChI is InChI=1S/C39H66N6O37S8/c46-14-8-15(34(52)53)78-36(20(14)42-87(62,63)64)80-29-18(11-85(56,57)58)76-16(21(25(29)48)43-88(65,66)67)9-75-31-27(50)23(45-90(71,72)73)37(82-32(31)35(54)55)81-30-19(12-86(59,60)61)77-33(22(26(30)49)44-89(68,69)70)41-39(83)40-5-7-84-10-17-13-4-2-1-3-6-74-38(79-17)28(51)24(13)47/h8,13-14,16-33,36-38,42-51H,1-7,9-12H2,(H,52,53)(H,54,55)(H2,40,41,83)(H,56,57,58)(H,59,60,61)(H,62,63,64)(H,65,66,67)(H,68,69,70)(H,71,72,73)/t13?,14-,16-,17?,18?,19?,20?,21?,22?,23?,24?,25+,26+,27+,28?,29-,30-,31+,32?,33+,36-,37+,38+/m0/s1. The van der Waals surface area contributed by atoms with Crippen LogP contribution in [0.2, 0.25) is 0 Å². The lowest BCUT2D eigenvalue weighted by molar-refractivity contribution is -0.312. The topological polar surface area (TPSA) is 677 Å². The van der Waals surface area contributed by atoms with Crippen LogP contribution in [0.25, 0.3) is 0 Å². The van der Waals surface area contributed by atoms with Gasteiger partial charge in [-0.15, -0.1) is 0 Å². The van der Waals surface area contributed by atoms with Crippen LogP contribution in [-0.4, -0.2) is 313 Å².